The van der Waals surface area contributed by atoms with Crippen LogP contribution in [0, 0.1) is 5.82 Å². The second-order valence-electron chi connectivity index (χ2n) is 3.87. The van der Waals surface area contributed by atoms with Crippen molar-refractivity contribution in [2.24, 2.45) is 0 Å². The lowest BCUT2D eigenvalue weighted by atomic mass is 10.1. The molecule has 0 heterocycles. The van der Waals surface area contributed by atoms with Crippen LogP contribution in [-0.4, -0.2) is 5.91 Å². The van der Waals surface area contributed by atoms with Crippen molar-refractivity contribution in [3.05, 3.63) is 35.1 Å². The molecule has 100 valence electrons. The van der Waals surface area contributed by atoms with Crippen molar-refractivity contribution in [2.45, 2.75) is 32.5 Å². The molecule has 0 radical (unpaired) electrons. The quantitative estimate of drug-likeness (QED) is 0.830. The van der Waals surface area contributed by atoms with E-state index in [4.69, 9.17) is 0 Å². The Hall–Kier alpha value is -1.59. The third-order valence-corrected chi connectivity index (χ3v) is 2.25. The van der Waals surface area contributed by atoms with Crippen molar-refractivity contribution in [3.63, 3.8) is 0 Å². The van der Waals surface area contributed by atoms with Gasteiger partial charge >= 0.3 is 6.18 Å². The van der Waals surface area contributed by atoms with Crippen molar-refractivity contribution in [1.82, 2.24) is 5.32 Å². The highest BCUT2D eigenvalue weighted by Crippen LogP contribution is 2.30. The van der Waals surface area contributed by atoms with Crippen molar-refractivity contribution >= 4 is 5.91 Å². The predicted molar refractivity (Wildman–Crippen MR) is 58.2 cm³/mol. The van der Waals surface area contributed by atoms with Crippen LogP contribution < -0.4 is 5.32 Å². The highest BCUT2D eigenvalue weighted by molar-refractivity contribution is 5.75. The Morgan fingerprint density at radius 1 is 1.28 bits per heavy atom. The number of hydrogen-bond acceptors (Lipinski definition) is 1. The first-order chi connectivity index (χ1) is 8.32. The van der Waals surface area contributed by atoms with Crippen LogP contribution in [0.2, 0.25) is 0 Å². The Labute approximate surface area is 102 Å². The summed E-state index contributed by atoms with van der Waals surface area (Å²) in [6.07, 6.45) is -3.66. The van der Waals surface area contributed by atoms with E-state index in [9.17, 15) is 22.4 Å². The summed E-state index contributed by atoms with van der Waals surface area (Å²) in [5.74, 6) is -1.24. The third-order valence-electron chi connectivity index (χ3n) is 2.25. The van der Waals surface area contributed by atoms with Crippen molar-refractivity contribution in [3.8, 4) is 0 Å². The second kappa shape index (κ2) is 5.84. The van der Waals surface area contributed by atoms with E-state index >= 15 is 0 Å². The van der Waals surface area contributed by atoms with Gasteiger partial charge in [-0.25, -0.2) is 4.39 Å². The number of carbonyl (C=O) groups excluding carboxylic acids is 1. The zero-order valence-corrected chi connectivity index (χ0v) is 9.77. The van der Waals surface area contributed by atoms with Gasteiger partial charge in [0.1, 0.15) is 5.82 Å². The van der Waals surface area contributed by atoms with E-state index in [-0.39, 0.29) is 18.0 Å². The maximum absolute atomic E-state index is 13.0. The van der Waals surface area contributed by atoms with Gasteiger partial charge in [-0.05, 0) is 30.2 Å². The SMILES string of the molecule is CCCC(=O)NCc1cc(F)cc(C(F)(F)F)c1. The molecule has 1 amide bonds. The fraction of sp³-hybridized carbons (Fsp3) is 0.417. The first kappa shape index (κ1) is 14.5. The lowest BCUT2D eigenvalue weighted by Gasteiger charge is -2.10. The van der Waals surface area contributed by atoms with E-state index in [0.717, 1.165) is 12.1 Å². The van der Waals surface area contributed by atoms with Crippen LogP contribution in [0.25, 0.3) is 0 Å². The van der Waals surface area contributed by atoms with Gasteiger partial charge in [0.2, 0.25) is 5.91 Å². The summed E-state index contributed by atoms with van der Waals surface area (Å²) >= 11 is 0. The van der Waals surface area contributed by atoms with Crippen LogP contribution in [0.1, 0.15) is 30.9 Å². The lowest BCUT2D eigenvalue weighted by molar-refractivity contribution is -0.137. The molecule has 0 spiro atoms. The molecule has 1 aromatic rings. The minimum Gasteiger partial charge on any atom is -0.352 e. The predicted octanol–water partition coefficient (Wildman–Crippen LogP) is 3.26. The third kappa shape index (κ3) is 4.35. The average Bonchev–Trinajstić information content (AvgIpc) is 2.25. The van der Waals surface area contributed by atoms with Crippen LogP contribution >= 0.6 is 0 Å². The first-order valence-electron chi connectivity index (χ1n) is 5.46. The summed E-state index contributed by atoms with van der Waals surface area (Å²) in [5, 5.41) is 2.43. The molecular weight excluding hydrogens is 250 g/mol. The normalized spacial score (nSPS) is 11.4. The van der Waals surface area contributed by atoms with E-state index in [1.165, 1.54) is 0 Å². The molecule has 0 aliphatic carbocycles. The maximum Gasteiger partial charge on any atom is 0.416 e. The summed E-state index contributed by atoms with van der Waals surface area (Å²) in [4.78, 5) is 11.2. The molecule has 0 aliphatic heterocycles. The van der Waals surface area contributed by atoms with Crippen LogP contribution in [0.4, 0.5) is 17.6 Å². The van der Waals surface area contributed by atoms with Gasteiger partial charge in [0.05, 0.1) is 5.56 Å². The fourth-order valence-electron chi connectivity index (χ4n) is 1.43. The summed E-state index contributed by atoms with van der Waals surface area (Å²) in [6.45, 7) is 1.70. The number of carbonyl (C=O) groups is 1. The molecule has 0 aromatic heterocycles. The molecule has 0 saturated carbocycles. The van der Waals surface area contributed by atoms with Gasteiger partial charge in [0.25, 0.3) is 0 Å². The average molecular weight is 263 g/mol. The van der Waals surface area contributed by atoms with Crippen LogP contribution in [0.3, 0.4) is 0 Å². The standard InChI is InChI=1S/C12H13F4NO/c1-2-3-11(18)17-7-8-4-9(12(14,15)16)6-10(13)5-8/h4-6H,2-3,7H2,1H3,(H,17,18). The molecule has 1 aromatic carbocycles. The number of halogens is 4. The number of rotatable bonds is 4. The number of benzene rings is 1. The molecule has 0 bridgehead atoms. The fourth-order valence-corrected chi connectivity index (χ4v) is 1.43. The molecular formula is C12H13F4NO. The van der Waals surface area contributed by atoms with Gasteiger partial charge in [-0.2, -0.15) is 13.2 Å². The summed E-state index contributed by atoms with van der Waals surface area (Å²) < 4.78 is 50.3. The molecule has 0 saturated heterocycles. The maximum atomic E-state index is 13.0. The van der Waals surface area contributed by atoms with E-state index in [1.54, 1.807) is 0 Å². The molecule has 1 N–H and O–H groups in total. The molecule has 0 fully saturated rings. The molecule has 0 aliphatic rings. The smallest absolute Gasteiger partial charge is 0.352 e. The van der Waals surface area contributed by atoms with Crippen molar-refractivity contribution in [1.29, 1.82) is 0 Å². The number of hydrogen-bond donors (Lipinski definition) is 1. The molecule has 1 rings (SSSR count). The molecule has 6 heteroatoms. The van der Waals surface area contributed by atoms with Crippen molar-refractivity contribution in [2.75, 3.05) is 0 Å². The van der Waals surface area contributed by atoms with Gasteiger partial charge < -0.3 is 5.32 Å². The lowest BCUT2D eigenvalue weighted by Crippen LogP contribution is -2.22. The van der Waals surface area contributed by atoms with Crippen LogP contribution in [0.5, 0.6) is 0 Å². The van der Waals surface area contributed by atoms with Crippen LogP contribution in [-0.2, 0) is 17.5 Å². The zero-order chi connectivity index (χ0) is 13.8. The highest BCUT2D eigenvalue weighted by atomic mass is 19.4. The van der Waals surface area contributed by atoms with Gasteiger partial charge in [-0.1, -0.05) is 6.92 Å². The summed E-state index contributed by atoms with van der Waals surface area (Å²) in [5.41, 5.74) is -0.964. The Bertz CT molecular complexity index is 429. The molecule has 0 atom stereocenters. The van der Waals surface area contributed by atoms with Gasteiger partial charge in [0.15, 0.2) is 0 Å². The Balaban J connectivity index is 2.78. The highest BCUT2D eigenvalue weighted by Gasteiger charge is 2.31. The van der Waals surface area contributed by atoms with Gasteiger partial charge in [-0.15, -0.1) is 0 Å². The first-order valence-corrected chi connectivity index (χ1v) is 5.46. The van der Waals surface area contributed by atoms with E-state index in [2.05, 4.69) is 5.32 Å². The largest absolute Gasteiger partial charge is 0.416 e. The topological polar surface area (TPSA) is 29.1 Å². The van der Waals surface area contributed by atoms with Gasteiger partial charge in [-0.3, -0.25) is 4.79 Å². The summed E-state index contributed by atoms with van der Waals surface area (Å²) in [6, 6.07) is 2.23. The van der Waals surface area contributed by atoms with E-state index in [1.807, 2.05) is 6.92 Å². The van der Waals surface area contributed by atoms with Crippen molar-refractivity contribution < 1.29 is 22.4 Å². The van der Waals surface area contributed by atoms with Gasteiger partial charge in [0, 0.05) is 13.0 Å². The van der Waals surface area contributed by atoms with Crippen LogP contribution in [0.15, 0.2) is 18.2 Å². The second-order valence-corrected chi connectivity index (χ2v) is 3.87. The molecule has 18 heavy (non-hydrogen) atoms. The zero-order valence-electron chi connectivity index (χ0n) is 9.77. The number of amides is 1. The Kier molecular flexibility index (Phi) is 4.69. The number of nitrogens with one attached hydrogen (secondary N) is 1. The van der Waals surface area contributed by atoms with E-state index < -0.39 is 17.6 Å². The Morgan fingerprint density at radius 3 is 2.50 bits per heavy atom. The van der Waals surface area contributed by atoms with E-state index in [0.29, 0.717) is 18.9 Å². The monoisotopic (exact) mass is 263 g/mol. The minimum atomic E-state index is -4.59. The minimum absolute atomic E-state index is 0.0896. The Morgan fingerprint density at radius 2 is 1.94 bits per heavy atom. The molecule has 2 nitrogen and oxygen atoms in total. The molecule has 0 unspecified atom stereocenters. The number of alkyl halides is 3. The summed E-state index contributed by atoms with van der Waals surface area (Å²) in [7, 11) is 0.